The van der Waals surface area contributed by atoms with Crippen molar-refractivity contribution in [1.82, 2.24) is 0 Å². The fourth-order valence-electron chi connectivity index (χ4n) is 2.56. The number of aliphatic hydroxyl groups excluding tert-OH is 2. The Kier molecular flexibility index (Phi) is 10.3. The molecule has 0 saturated carbocycles. The van der Waals surface area contributed by atoms with Gasteiger partial charge in [-0.3, -0.25) is 4.79 Å². The number of hydrogen-bond donors (Lipinski definition) is 3. The number of aliphatic hydroxyl groups is 2. The molecule has 1 fully saturated rings. The highest BCUT2D eigenvalue weighted by atomic mass is 16.5. The molecular weight excluding hydrogens is 322 g/mol. The molecule has 0 radical (unpaired) electrons. The van der Waals surface area contributed by atoms with Gasteiger partial charge in [-0.2, -0.15) is 0 Å². The summed E-state index contributed by atoms with van der Waals surface area (Å²) < 4.78 is 10.1. The Hall–Kier alpha value is -1.47. The summed E-state index contributed by atoms with van der Waals surface area (Å²) in [5.41, 5.74) is 6.73. The van der Waals surface area contributed by atoms with Crippen molar-refractivity contribution in [2.45, 2.75) is 63.9 Å². The van der Waals surface area contributed by atoms with E-state index in [1.165, 1.54) is 5.56 Å². The lowest BCUT2D eigenvalue weighted by molar-refractivity contribution is -0.143. The average Bonchev–Trinajstić information content (AvgIpc) is 2.59. The van der Waals surface area contributed by atoms with Gasteiger partial charge in [-0.15, -0.1) is 0 Å². The van der Waals surface area contributed by atoms with Gasteiger partial charge in [-0.1, -0.05) is 30.3 Å². The second-order valence-corrected chi connectivity index (χ2v) is 6.26. The molecule has 3 unspecified atom stereocenters. The monoisotopic (exact) mass is 353 g/mol. The van der Waals surface area contributed by atoms with E-state index in [1.807, 2.05) is 44.2 Å². The van der Waals surface area contributed by atoms with Gasteiger partial charge in [0.1, 0.15) is 6.10 Å². The molecular formula is C19H31NO5. The summed E-state index contributed by atoms with van der Waals surface area (Å²) in [6.45, 7) is 4.65. The van der Waals surface area contributed by atoms with Gasteiger partial charge in [-0.25, -0.2) is 0 Å². The van der Waals surface area contributed by atoms with E-state index in [2.05, 4.69) is 0 Å². The Balaban J connectivity index is 0.000000251. The van der Waals surface area contributed by atoms with Crippen LogP contribution in [0, 0.1) is 0 Å². The predicted octanol–water partition coefficient (Wildman–Crippen LogP) is 1.42. The summed E-state index contributed by atoms with van der Waals surface area (Å²) in [5, 5.41) is 18.7. The lowest BCUT2D eigenvalue weighted by atomic mass is 9.98. The number of aryl methyl sites for hydroxylation is 1. The summed E-state index contributed by atoms with van der Waals surface area (Å²) >= 11 is 0. The maximum absolute atomic E-state index is 11.0. The van der Waals surface area contributed by atoms with E-state index in [0.717, 1.165) is 6.42 Å². The first-order valence-electron chi connectivity index (χ1n) is 8.86. The van der Waals surface area contributed by atoms with Crippen LogP contribution in [-0.2, 0) is 20.7 Å². The summed E-state index contributed by atoms with van der Waals surface area (Å²) in [6.07, 6.45) is 0.618. The second kappa shape index (κ2) is 12.0. The van der Waals surface area contributed by atoms with E-state index < -0.39 is 12.2 Å². The van der Waals surface area contributed by atoms with Crippen molar-refractivity contribution < 1.29 is 24.5 Å². The zero-order valence-electron chi connectivity index (χ0n) is 15.1. The van der Waals surface area contributed by atoms with Gasteiger partial charge in [0.25, 0.3) is 0 Å². The Morgan fingerprint density at radius 3 is 2.64 bits per heavy atom. The predicted molar refractivity (Wildman–Crippen MR) is 96.0 cm³/mol. The van der Waals surface area contributed by atoms with Crippen molar-refractivity contribution in [3.05, 3.63) is 35.9 Å². The van der Waals surface area contributed by atoms with Gasteiger partial charge in [0.2, 0.25) is 0 Å². The average molecular weight is 353 g/mol. The Morgan fingerprint density at radius 2 is 2.04 bits per heavy atom. The molecule has 1 saturated heterocycles. The molecule has 25 heavy (non-hydrogen) atoms. The number of esters is 1. The number of hydrogen-bond acceptors (Lipinski definition) is 6. The van der Waals surface area contributed by atoms with Crippen LogP contribution in [0.25, 0.3) is 0 Å². The maximum atomic E-state index is 11.0. The molecule has 6 nitrogen and oxygen atoms in total. The molecule has 1 aromatic rings. The molecule has 0 bridgehead atoms. The van der Waals surface area contributed by atoms with Crippen molar-refractivity contribution in [2.75, 3.05) is 13.2 Å². The standard InChI is InChI=1S/C11H14O2.C8H17NO3/c1-2-13-11(12)9-8-10-6-4-3-5-7-10;1-5(9)4-7-8(11)6(10)2-3-12-7/h3-7H,2,8-9H2,1H3;5-8,10-11H,2-4,9H2,1H3/t;5?,6?,7?,8-/m.1/s1. The lowest BCUT2D eigenvalue weighted by Gasteiger charge is -2.32. The van der Waals surface area contributed by atoms with Crippen LogP contribution in [-0.4, -0.2) is 53.7 Å². The summed E-state index contributed by atoms with van der Waals surface area (Å²) in [6, 6.07) is 9.93. The van der Waals surface area contributed by atoms with E-state index in [9.17, 15) is 15.0 Å². The molecule has 1 aromatic carbocycles. The fourth-order valence-corrected chi connectivity index (χ4v) is 2.56. The van der Waals surface area contributed by atoms with Crippen LogP contribution in [0.1, 0.15) is 38.7 Å². The molecule has 0 spiro atoms. The van der Waals surface area contributed by atoms with Crippen molar-refractivity contribution in [2.24, 2.45) is 5.73 Å². The first-order valence-corrected chi connectivity index (χ1v) is 8.86. The van der Waals surface area contributed by atoms with Crippen molar-refractivity contribution >= 4 is 5.97 Å². The molecule has 0 aliphatic carbocycles. The van der Waals surface area contributed by atoms with Gasteiger partial charge in [-0.05, 0) is 38.7 Å². The van der Waals surface area contributed by atoms with Crippen molar-refractivity contribution in [3.8, 4) is 0 Å². The van der Waals surface area contributed by atoms with E-state index in [1.54, 1.807) is 0 Å². The molecule has 0 aromatic heterocycles. The maximum Gasteiger partial charge on any atom is 0.306 e. The normalized spacial score (nSPS) is 24.0. The number of rotatable bonds is 6. The lowest BCUT2D eigenvalue weighted by Crippen LogP contribution is -2.46. The molecule has 6 heteroatoms. The topological polar surface area (TPSA) is 102 Å². The van der Waals surface area contributed by atoms with E-state index in [0.29, 0.717) is 32.5 Å². The summed E-state index contributed by atoms with van der Waals surface area (Å²) in [7, 11) is 0. The number of carbonyl (C=O) groups excluding carboxylic acids is 1. The molecule has 142 valence electrons. The van der Waals surface area contributed by atoms with Crippen molar-refractivity contribution in [3.63, 3.8) is 0 Å². The third-order valence-corrected chi connectivity index (χ3v) is 3.89. The number of nitrogens with two attached hydrogens (primary N) is 1. The Bertz CT molecular complexity index is 480. The molecule has 1 aliphatic heterocycles. The first kappa shape index (κ1) is 21.6. The Morgan fingerprint density at radius 1 is 1.36 bits per heavy atom. The third-order valence-electron chi connectivity index (χ3n) is 3.89. The SMILES string of the molecule is CC(N)CC1OCCC(O)[C@H]1O.CCOC(=O)CCc1ccccc1. The van der Waals surface area contributed by atoms with Gasteiger partial charge in [0, 0.05) is 19.1 Å². The Labute approximate surface area is 149 Å². The number of ether oxygens (including phenoxy) is 2. The minimum Gasteiger partial charge on any atom is -0.466 e. The summed E-state index contributed by atoms with van der Waals surface area (Å²) in [5.74, 6) is -0.119. The number of carbonyl (C=O) groups is 1. The fraction of sp³-hybridized carbons (Fsp3) is 0.632. The van der Waals surface area contributed by atoms with Crippen LogP contribution in [0.5, 0.6) is 0 Å². The van der Waals surface area contributed by atoms with Crippen molar-refractivity contribution in [1.29, 1.82) is 0 Å². The molecule has 4 atom stereocenters. The van der Waals surface area contributed by atoms with E-state index in [4.69, 9.17) is 15.2 Å². The number of benzene rings is 1. The third kappa shape index (κ3) is 8.97. The van der Waals surface area contributed by atoms with Crippen LogP contribution in [0.4, 0.5) is 0 Å². The summed E-state index contributed by atoms with van der Waals surface area (Å²) in [4.78, 5) is 11.0. The van der Waals surface area contributed by atoms with Crippen LogP contribution >= 0.6 is 0 Å². The zero-order chi connectivity index (χ0) is 18.7. The largest absolute Gasteiger partial charge is 0.466 e. The second-order valence-electron chi connectivity index (χ2n) is 6.26. The molecule has 0 amide bonds. The van der Waals surface area contributed by atoms with Gasteiger partial charge in [0.15, 0.2) is 0 Å². The highest BCUT2D eigenvalue weighted by molar-refractivity contribution is 5.69. The zero-order valence-corrected chi connectivity index (χ0v) is 15.1. The molecule has 1 heterocycles. The highest BCUT2D eigenvalue weighted by Crippen LogP contribution is 2.18. The minimum absolute atomic E-state index is 0.00468. The highest BCUT2D eigenvalue weighted by Gasteiger charge is 2.31. The van der Waals surface area contributed by atoms with E-state index in [-0.39, 0.29) is 18.1 Å². The van der Waals surface area contributed by atoms with Gasteiger partial charge < -0.3 is 25.4 Å². The minimum atomic E-state index is -0.773. The first-order chi connectivity index (χ1) is 11.9. The van der Waals surface area contributed by atoms with Crippen LogP contribution < -0.4 is 5.73 Å². The smallest absolute Gasteiger partial charge is 0.306 e. The van der Waals surface area contributed by atoms with Crippen LogP contribution in [0.3, 0.4) is 0 Å². The van der Waals surface area contributed by atoms with Gasteiger partial charge in [0.05, 0.1) is 18.8 Å². The van der Waals surface area contributed by atoms with Crippen LogP contribution in [0.2, 0.25) is 0 Å². The molecule has 4 N–H and O–H groups in total. The quantitative estimate of drug-likeness (QED) is 0.669. The van der Waals surface area contributed by atoms with Gasteiger partial charge >= 0.3 is 5.97 Å². The molecule has 2 rings (SSSR count). The van der Waals surface area contributed by atoms with Crippen LogP contribution in [0.15, 0.2) is 30.3 Å². The van der Waals surface area contributed by atoms with E-state index >= 15 is 0 Å². The molecule has 1 aliphatic rings.